The number of nitrogens with zero attached hydrogens (tertiary/aromatic N) is 3. The van der Waals surface area contributed by atoms with Gasteiger partial charge in [0, 0.05) is 37.2 Å². The molecular formula is C27H24FN3. The summed E-state index contributed by atoms with van der Waals surface area (Å²) >= 11 is 0. The Morgan fingerprint density at radius 2 is 1.45 bits per heavy atom. The number of aromatic nitrogens is 2. The van der Waals surface area contributed by atoms with Crippen LogP contribution in [0.2, 0.25) is 0 Å². The molecule has 0 unspecified atom stereocenters. The van der Waals surface area contributed by atoms with Gasteiger partial charge in [-0.1, -0.05) is 60.7 Å². The monoisotopic (exact) mass is 409 g/mol. The van der Waals surface area contributed by atoms with Gasteiger partial charge in [0.05, 0.1) is 11.4 Å². The van der Waals surface area contributed by atoms with E-state index in [9.17, 15) is 4.39 Å². The van der Waals surface area contributed by atoms with E-state index in [2.05, 4.69) is 41.3 Å². The highest BCUT2D eigenvalue weighted by Crippen LogP contribution is 2.29. The Morgan fingerprint density at radius 1 is 0.774 bits per heavy atom. The third-order valence-corrected chi connectivity index (χ3v) is 5.76. The van der Waals surface area contributed by atoms with E-state index in [-0.39, 0.29) is 5.82 Å². The number of benzene rings is 3. The number of halogens is 1. The lowest BCUT2D eigenvalue weighted by Crippen LogP contribution is -2.31. The predicted molar refractivity (Wildman–Crippen MR) is 121 cm³/mol. The summed E-state index contributed by atoms with van der Waals surface area (Å²) in [7, 11) is 0. The van der Waals surface area contributed by atoms with E-state index in [0.717, 1.165) is 48.8 Å². The molecule has 0 N–H and O–H groups in total. The van der Waals surface area contributed by atoms with Gasteiger partial charge in [0.1, 0.15) is 11.6 Å². The van der Waals surface area contributed by atoms with E-state index in [4.69, 9.17) is 9.97 Å². The summed E-state index contributed by atoms with van der Waals surface area (Å²) in [5, 5.41) is 0. The van der Waals surface area contributed by atoms with Crippen molar-refractivity contribution in [2.45, 2.75) is 25.9 Å². The van der Waals surface area contributed by atoms with Gasteiger partial charge in [0.15, 0.2) is 0 Å². The van der Waals surface area contributed by atoms with Crippen LogP contribution in [-0.2, 0) is 25.9 Å². The van der Waals surface area contributed by atoms with Crippen LogP contribution in [0.5, 0.6) is 0 Å². The van der Waals surface area contributed by atoms with Gasteiger partial charge in [-0.3, -0.25) is 4.90 Å². The highest BCUT2D eigenvalue weighted by molar-refractivity contribution is 5.64. The lowest BCUT2D eigenvalue weighted by atomic mass is 9.97. The summed E-state index contributed by atoms with van der Waals surface area (Å²) in [5.74, 6) is 0.580. The highest BCUT2D eigenvalue weighted by Gasteiger charge is 2.23. The minimum absolute atomic E-state index is 0.231. The first-order chi connectivity index (χ1) is 15.2. The zero-order chi connectivity index (χ0) is 21.0. The first-order valence-corrected chi connectivity index (χ1v) is 10.7. The Balaban J connectivity index is 1.50. The summed E-state index contributed by atoms with van der Waals surface area (Å²) < 4.78 is 13.5. The van der Waals surface area contributed by atoms with Crippen molar-refractivity contribution in [1.29, 1.82) is 0 Å². The minimum atomic E-state index is -0.231. The second-order valence-electron chi connectivity index (χ2n) is 8.03. The van der Waals surface area contributed by atoms with Crippen molar-refractivity contribution >= 4 is 0 Å². The van der Waals surface area contributed by atoms with Crippen LogP contribution in [0.4, 0.5) is 4.39 Å². The molecule has 5 rings (SSSR count). The van der Waals surface area contributed by atoms with E-state index in [1.807, 2.05) is 36.4 Å². The lowest BCUT2D eigenvalue weighted by Gasteiger charge is -2.29. The molecule has 3 nitrogen and oxygen atoms in total. The average molecular weight is 410 g/mol. The molecule has 3 aromatic carbocycles. The number of rotatable bonds is 5. The zero-order valence-corrected chi connectivity index (χ0v) is 17.3. The molecular weight excluding hydrogens is 385 g/mol. The second kappa shape index (κ2) is 8.78. The molecule has 4 aromatic rings. The zero-order valence-electron chi connectivity index (χ0n) is 17.3. The van der Waals surface area contributed by atoms with E-state index in [0.29, 0.717) is 6.42 Å². The first kappa shape index (κ1) is 19.6. The minimum Gasteiger partial charge on any atom is -0.293 e. The Labute approximate surface area is 182 Å². The van der Waals surface area contributed by atoms with Crippen molar-refractivity contribution in [1.82, 2.24) is 14.9 Å². The number of hydrogen-bond acceptors (Lipinski definition) is 3. The summed E-state index contributed by atoms with van der Waals surface area (Å²) in [5.41, 5.74) is 6.66. The standard InChI is InChI=1S/C27H24FN3/c28-23-13-11-22(12-14-23)27-24-15-16-31(18-21-9-5-2-6-10-21)19-25(24)29-26(30-27)17-20-7-3-1-4-8-20/h1-14H,15-19H2. The highest BCUT2D eigenvalue weighted by atomic mass is 19.1. The van der Waals surface area contributed by atoms with Crippen molar-refractivity contribution in [3.05, 3.63) is 119 Å². The molecule has 0 amide bonds. The maximum Gasteiger partial charge on any atom is 0.133 e. The van der Waals surface area contributed by atoms with Gasteiger partial charge in [0.2, 0.25) is 0 Å². The van der Waals surface area contributed by atoms with Crippen molar-refractivity contribution in [2.75, 3.05) is 6.54 Å². The van der Waals surface area contributed by atoms with Gasteiger partial charge in [-0.15, -0.1) is 0 Å². The van der Waals surface area contributed by atoms with Crippen LogP contribution >= 0.6 is 0 Å². The predicted octanol–water partition coefficient (Wildman–Crippen LogP) is 5.43. The molecule has 0 saturated heterocycles. The molecule has 0 saturated carbocycles. The summed E-state index contributed by atoms with van der Waals surface area (Å²) in [6.45, 7) is 2.66. The molecule has 0 bridgehead atoms. The van der Waals surface area contributed by atoms with Gasteiger partial charge >= 0.3 is 0 Å². The molecule has 1 aliphatic rings. The van der Waals surface area contributed by atoms with E-state index < -0.39 is 0 Å². The van der Waals surface area contributed by atoms with Gasteiger partial charge in [-0.2, -0.15) is 0 Å². The van der Waals surface area contributed by atoms with Crippen molar-refractivity contribution < 1.29 is 4.39 Å². The first-order valence-electron chi connectivity index (χ1n) is 10.7. The molecule has 4 heteroatoms. The van der Waals surface area contributed by atoms with Crippen LogP contribution in [0.15, 0.2) is 84.9 Å². The quantitative estimate of drug-likeness (QED) is 0.440. The third kappa shape index (κ3) is 4.54. The van der Waals surface area contributed by atoms with Gasteiger partial charge < -0.3 is 0 Å². The van der Waals surface area contributed by atoms with E-state index in [1.54, 1.807) is 0 Å². The summed E-state index contributed by atoms with van der Waals surface area (Å²) in [6, 6.07) is 27.5. The Bertz CT molecular complexity index is 1160. The fourth-order valence-corrected chi connectivity index (χ4v) is 4.22. The van der Waals surface area contributed by atoms with Crippen molar-refractivity contribution in [3.63, 3.8) is 0 Å². The Kier molecular flexibility index (Phi) is 5.55. The maximum absolute atomic E-state index is 13.5. The van der Waals surface area contributed by atoms with Gasteiger partial charge in [-0.25, -0.2) is 14.4 Å². The molecule has 0 fully saturated rings. The van der Waals surface area contributed by atoms with Crippen molar-refractivity contribution in [3.8, 4) is 11.3 Å². The Hall–Kier alpha value is -3.37. The Morgan fingerprint density at radius 3 is 2.16 bits per heavy atom. The SMILES string of the molecule is Fc1ccc(-c2nc(Cc3ccccc3)nc3c2CCN(Cc2ccccc2)C3)cc1. The van der Waals surface area contributed by atoms with E-state index in [1.165, 1.54) is 28.8 Å². The lowest BCUT2D eigenvalue weighted by molar-refractivity contribution is 0.241. The molecule has 31 heavy (non-hydrogen) atoms. The largest absolute Gasteiger partial charge is 0.293 e. The molecule has 0 spiro atoms. The molecule has 0 radical (unpaired) electrons. The van der Waals surface area contributed by atoms with Crippen LogP contribution in [-0.4, -0.2) is 21.4 Å². The fourth-order valence-electron chi connectivity index (χ4n) is 4.22. The van der Waals surface area contributed by atoms with Gasteiger partial charge in [-0.05, 0) is 41.8 Å². The van der Waals surface area contributed by atoms with Crippen LogP contribution in [0.1, 0.15) is 28.2 Å². The van der Waals surface area contributed by atoms with Crippen LogP contribution in [0, 0.1) is 5.82 Å². The molecule has 0 atom stereocenters. The van der Waals surface area contributed by atoms with Crippen molar-refractivity contribution in [2.24, 2.45) is 0 Å². The topological polar surface area (TPSA) is 29.0 Å². The average Bonchev–Trinajstić information content (AvgIpc) is 2.80. The number of hydrogen-bond donors (Lipinski definition) is 0. The fraction of sp³-hybridized carbons (Fsp3) is 0.185. The summed E-state index contributed by atoms with van der Waals surface area (Å²) in [6.07, 6.45) is 1.57. The van der Waals surface area contributed by atoms with E-state index >= 15 is 0 Å². The summed E-state index contributed by atoms with van der Waals surface area (Å²) in [4.78, 5) is 12.4. The van der Waals surface area contributed by atoms with Crippen LogP contribution in [0.25, 0.3) is 11.3 Å². The third-order valence-electron chi connectivity index (χ3n) is 5.76. The molecule has 2 heterocycles. The van der Waals surface area contributed by atoms with Crippen LogP contribution < -0.4 is 0 Å². The molecule has 1 aliphatic heterocycles. The van der Waals surface area contributed by atoms with Crippen LogP contribution in [0.3, 0.4) is 0 Å². The molecule has 1 aromatic heterocycles. The van der Waals surface area contributed by atoms with Gasteiger partial charge in [0.25, 0.3) is 0 Å². The molecule has 154 valence electrons. The second-order valence-corrected chi connectivity index (χ2v) is 8.03. The maximum atomic E-state index is 13.5. The number of fused-ring (bicyclic) bond motifs is 1. The normalized spacial score (nSPS) is 13.7. The smallest absolute Gasteiger partial charge is 0.133 e. The molecule has 0 aliphatic carbocycles.